The van der Waals surface area contributed by atoms with E-state index < -0.39 is 0 Å². The topological polar surface area (TPSA) is 35.5 Å². The molecular weight excluding hydrogens is 316 g/mol. The van der Waals surface area contributed by atoms with Crippen molar-refractivity contribution < 1.29 is 5.11 Å². The van der Waals surface area contributed by atoms with E-state index in [1.807, 2.05) is 25.1 Å². The SMILES string of the molecule is C=CCC[C@@H](c1c(Br)ccc(C)c1O)N1CCNCC1. The molecule has 110 valence electrons. The smallest absolute Gasteiger partial charge is 0.124 e. The summed E-state index contributed by atoms with van der Waals surface area (Å²) >= 11 is 3.61. The van der Waals surface area contributed by atoms with Crippen LogP contribution in [-0.2, 0) is 0 Å². The van der Waals surface area contributed by atoms with Gasteiger partial charge in [-0.05, 0) is 31.4 Å². The summed E-state index contributed by atoms with van der Waals surface area (Å²) in [5.41, 5.74) is 1.95. The molecule has 1 aromatic carbocycles. The zero-order chi connectivity index (χ0) is 14.5. The van der Waals surface area contributed by atoms with Gasteiger partial charge in [-0.3, -0.25) is 4.90 Å². The molecule has 2 N–H and O–H groups in total. The zero-order valence-corrected chi connectivity index (χ0v) is 13.6. The van der Waals surface area contributed by atoms with E-state index in [-0.39, 0.29) is 6.04 Å². The van der Waals surface area contributed by atoms with E-state index in [9.17, 15) is 5.11 Å². The number of nitrogens with zero attached hydrogens (tertiary/aromatic N) is 1. The van der Waals surface area contributed by atoms with Gasteiger partial charge in [-0.1, -0.05) is 28.1 Å². The lowest BCUT2D eigenvalue weighted by molar-refractivity contribution is 0.163. The van der Waals surface area contributed by atoms with Crippen LogP contribution < -0.4 is 5.32 Å². The number of aromatic hydroxyl groups is 1. The van der Waals surface area contributed by atoms with Crippen molar-refractivity contribution in [3.8, 4) is 5.75 Å². The van der Waals surface area contributed by atoms with Gasteiger partial charge in [0.1, 0.15) is 5.75 Å². The monoisotopic (exact) mass is 338 g/mol. The van der Waals surface area contributed by atoms with Gasteiger partial charge in [0.2, 0.25) is 0 Å². The molecule has 1 heterocycles. The number of aryl methyl sites for hydroxylation is 1. The molecule has 1 atom stereocenters. The molecule has 4 heteroatoms. The minimum absolute atomic E-state index is 0.240. The molecule has 0 amide bonds. The van der Waals surface area contributed by atoms with E-state index in [1.54, 1.807) is 0 Å². The molecule has 1 aromatic rings. The lowest BCUT2D eigenvalue weighted by Crippen LogP contribution is -2.45. The first-order valence-electron chi connectivity index (χ1n) is 7.18. The highest BCUT2D eigenvalue weighted by molar-refractivity contribution is 9.10. The molecule has 0 bridgehead atoms. The molecule has 0 saturated carbocycles. The lowest BCUT2D eigenvalue weighted by Gasteiger charge is -2.36. The molecule has 1 saturated heterocycles. The van der Waals surface area contributed by atoms with Crippen LogP contribution in [0.2, 0.25) is 0 Å². The second kappa shape index (κ2) is 7.25. The van der Waals surface area contributed by atoms with Gasteiger partial charge in [0.05, 0.1) is 0 Å². The van der Waals surface area contributed by atoms with Crippen molar-refractivity contribution in [1.29, 1.82) is 0 Å². The largest absolute Gasteiger partial charge is 0.507 e. The van der Waals surface area contributed by atoms with Gasteiger partial charge in [-0.2, -0.15) is 0 Å². The Labute approximate surface area is 129 Å². The Morgan fingerprint density at radius 2 is 2.15 bits per heavy atom. The van der Waals surface area contributed by atoms with E-state index >= 15 is 0 Å². The quantitative estimate of drug-likeness (QED) is 0.808. The van der Waals surface area contributed by atoms with Gasteiger partial charge >= 0.3 is 0 Å². The molecule has 0 aromatic heterocycles. The second-order valence-electron chi connectivity index (χ2n) is 5.29. The third kappa shape index (κ3) is 3.43. The van der Waals surface area contributed by atoms with E-state index in [0.717, 1.165) is 54.6 Å². The zero-order valence-electron chi connectivity index (χ0n) is 12.0. The average Bonchev–Trinajstić information content (AvgIpc) is 2.47. The predicted octanol–water partition coefficient (Wildman–Crippen LogP) is 3.38. The van der Waals surface area contributed by atoms with Crippen LogP contribution in [0.5, 0.6) is 5.75 Å². The van der Waals surface area contributed by atoms with Crippen LogP contribution >= 0.6 is 15.9 Å². The third-order valence-corrected chi connectivity index (χ3v) is 4.63. The highest BCUT2D eigenvalue weighted by Gasteiger charge is 2.26. The molecule has 3 nitrogen and oxygen atoms in total. The third-order valence-electron chi connectivity index (χ3n) is 3.94. The fourth-order valence-corrected chi connectivity index (χ4v) is 3.37. The number of rotatable bonds is 5. The van der Waals surface area contributed by atoms with Crippen molar-refractivity contribution >= 4 is 15.9 Å². The van der Waals surface area contributed by atoms with Crippen LogP contribution in [0.25, 0.3) is 0 Å². The van der Waals surface area contributed by atoms with Crippen LogP contribution in [0.4, 0.5) is 0 Å². The minimum atomic E-state index is 0.240. The standard InChI is InChI=1S/C16H23BrN2O/c1-3-4-5-14(19-10-8-18-9-11-19)15-13(17)7-6-12(2)16(15)20/h3,6-7,14,18,20H,1,4-5,8-11H2,2H3/t14-/m0/s1. The fourth-order valence-electron chi connectivity index (χ4n) is 2.79. The molecular formula is C16H23BrN2O. The van der Waals surface area contributed by atoms with Gasteiger partial charge in [-0.25, -0.2) is 0 Å². The van der Waals surface area contributed by atoms with E-state index in [0.29, 0.717) is 5.75 Å². The highest BCUT2D eigenvalue weighted by Crippen LogP contribution is 2.39. The Morgan fingerprint density at radius 3 is 2.80 bits per heavy atom. The first kappa shape index (κ1) is 15.5. The van der Waals surface area contributed by atoms with E-state index in [4.69, 9.17) is 0 Å². The van der Waals surface area contributed by atoms with Gasteiger partial charge < -0.3 is 10.4 Å². The highest BCUT2D eigenvalue weighted by atomic mass is 79.9. The second-order valence-corrected chi connectivity index (χ2v) is 6.15. The van der Waals surface area contributed by atoms with Crippen LogP contribution in [0.1, 0.15) is 30.0 Å². The number of phenolic OH excluding ortho intramolecular Hbond substituents is 1. The maximum absolute atomic E-state index is 10.5. The summed E-state index contributed by atoms with van der Waals surface area (Å²) in [6.45, 7) is 9.83. The maximum atomic E-state index is 10.5. The van der Waals surface area contributed by atoms with Gasteiger partial charge in [-0.15, -0.1) is 6.58 Å². The molecule has 1 fully saturated rings. The lowest BCUT2D eigenvalue weighted by atomic mass is 9.96. The number of hydrogen-bond acceptors (Lipinski definition) is 3. The van der Waals surface area contributed by atoms with E-state index in [1.165, 1.54) is 0 Å². The van der Waals surface area contributed by atoms with E-state index in [2.05, 4.69) is 32.7 Å². The van der Waals surface area contributed by atoms with Crippen molar-refractivity contribution in [3.63, 3.8) is 0 Å². The number of benzene rings is 1. The molecule has 2 rings (SSSR count). The summed E-state index contributed by atoms with van der Waals surface area (Å²) in [4.78, 5) is 2.46. The van der Waals surface area contributed by atoms with Crippen LogP contribution in [0.3, 0.4) is 0 Å². The number of halogens is 1. The summed E-state index contributed by atoms with van der Waals surface area (Å²) in [5.74, 6) is 0.423. The Bertz CT molecular complexity index is 470. The van der Waals surface area contributed by atoms with Crippen molar-refractivity contribution in [2.75, 3.05) is 26.2 Å². The fraction of sp³-hybridized carbons (Fsp3) is 0.500. The van der Waals surface area contributed by atoms with Crippen LogP contribution in [-0.4, -0.2) is 36.2 Å². The summed E-state index contributed by atoms with van der Waals surface area (Å²) in [6.07, 6.45) is 3.89. The van der Waals surface area contributed by atoms with Gasteiger partial charge in [0.25, 0.3) is 0 Å². The summed E-state index contributed by atoms with van der Waals surface area (Å²) in [5, 5.41) is 13.9. The Morgan fingerprint density at radius 1 is 1.45 bits per heavy atom. The van der Waals surface area contributed by atoms with Crippen molar-refractivity contribution in [2.24, 2.45) is 0 Å². The maximum Gasteiger partial charge on any atom is 0.124 e. The first-order valence-corrected chi connectivity index (χ1v) is 7.98. The molecule has 0 spiro atoms. The molecule has 1 aliphatic heterocycles. The molecule has 20 heavy (non-hydrogen) atoms. The Hall–Kier alpha value is -0.840. The first-order chi connectivity index (χ1) is 9.65. The van der Waals surface area contributed by atoms with Crippen LogP contribution in [0, 0.1) is 6.92 Å². The molecule has 0 unspecified atom stereocenters. The number of piperazine rings is 1. The van der Waals surface area contributed by atoms with Crippen LogP contribution in [0.15, 0.2) is 29.3 Å². The Balaban J connectivity index is 2.34. The normalized spacial score (nSPS) is 17.9. The summed E-state index contributed by atoms with van der Waals surface area (Å²) in [7, 11) is 0. The number of allylic oxidation sites excluding steroid dienone is 1. The summed E-state index contributed by atoms with van der Waals surface area (Å²) in [6, 6.07) is 4.23. The molecule has 1 aliphatic rings. The minimum Gasteiger partial charge on any atom is -0.507 e. The average molecular weight is 339 g/mol. The Kier molecular flexibility index (Phi) is 5.64. The van der Waals surface area contributed by atoms with Crippen molar-refractivity contribution in [2.45, 2.75) is 25.8 Å². The van der Waals surface area contributed by atoms with Gasteiger partial charge in [0, 0.05) is 42.3 Å². The van der Waals surface area contributed by atoms with Crippen molar-refractivity contribution in [3.05, 3.63) is 40.4 Å². The molecule has 0 radical (unpaired) electrons. The van der Waals surface area contributed by atoms with Gasteiger partial charge in [0.15, 0.2) is 0 Å². The number of hydrogen-bond donors (Lipinski definition) is 2. The molecule has 0 aliphatic carbocycles. The number of nitrogens with one attached hydrogen (secondary N) is 1. The van der Waals surface area contributed by atoms with Crippen molar-refractivity contribution in [1.82, 2.24) is 10.2 Å². The number of phenols is 1. The predicted molar refractivity (Wildman–Crippen MR) is 87.2 cm³/mol. The summed E-state index contributed by atoms with van der Waals surface area (Å²) < 4.78 is 0.994.